The van der Waals surface area contributed by atoms with Crippen molar-refractivity contribution in [3.05, 3.63) is 48.0 Å². The van der Waals surface area contributed by atoms with Crippen molar-refractivity contribution < 1.29 is 19.0 Å². The summed E-state index contributed by atoms with van der Waals surface area (Å²) in [5.41, 5.74) is 1.29. The van der Waals surface area contributed by atoms with Gasteiger partial charge in [-0.2, -0.15) is 0 Å². The Balaban J connectivity index is 2.51. The molecule has 0 radical (unpaired) electrons. The number of hydrogen-bond acceptors (Lipinski definition) is 4. The third-order valence-electron chi connectivity index (χ3n) is 3.60. The van der Waals surface area contributed by atoms with E-state index < -0.39 is 11.5 Å². The van der Waals surface area contributed by atoms with E-state index in [1.54, 1.807) is 0 Å². The third-order valence-corrected chi connectivity index (χ3v) is 3.98. The molecule has 0 aliphatic heterocycles. The van der Waals surface area contributed by atoms with Crippen molar-refractivity contribution >= 4 is 17.6 Å². The largest absolute Gasteiger partial charge is 0.459 e. The van der Waals surface area contributed by atoms with Crippen LogP contribution in [0.15, 0.2) is 42.5 Å². The highest BCUT2D eigenvalue weighted by Crippen LogP contribution is 2.21. The van der Waals surface area contributed by atoms with E-state index in [1.165, 1.54) is 0 Å². The summed E-state index contributed by atoms with van der Waals surface area (Å²) in [6, 6.07) is 9.85. The van der Waals surface area contributed by atoms with Crippen molar-refractivity contribution in [3.63, 3.8) is 0 Å². The predicted octanol–water partition coefficient (Wildman–Crippen LogP) is 4.71. The van der Waals surface area contributed by atoms with E-state index in [2.05, 4.69) is 6.58 Å². The van der Waals surface area contributed by atoms with Crippen LogP contribution in [0.3, 0.4) is 0 Å². The van der Waals surface area contributed by atoms with Gasteiger partial charge in [0.05, 0.1) is 18.1 Å². The molecule has 1 aromatic carbocycles. The second kappa shape index (κ2) is 10.6. The molecule has 0 aliphatic rings. The quantitative estimate of drug-likeness (QED) is 0.197. The molecule has 0 aromatic heterocycles. The average molecular weight is 369 g/mol. The average Bonchev–Trinajstić information content (AvgIpc) is 2.57. The number of carbonyl (C=O) groups excluding carboxylic acids is 1. The van der Waals surface area contributed by atoms with E-state index in [4.69, 9.17) is 25.8 Å². The lowest BCUT2D eigenvalue weighted by atomic mass is 9.97. The van der Waals surface area contributed by atoms with Crippen molar-refractivity contribution in [1.82, 2.24) is 0 Å². The van der Waals surface area contributed by atoms with E-state index >= 15 is 0 Å². The molecular weight excluding hydrogens is 340 g/mol. The second-order valence-electron chi connectivity index (χ2n) is 7.11. The van der Waals surface area contributed by atoms with Crippen LogP contribution in [0.1, 0.15) is 39.7 Å². The maximum atomic E-state index is 12.2. The maximum Gasteiger partial charge on any atom is 0.311 e. The number of hydrogen-bond donors (Lipinski definition) is 0. The molecule has 25 heavy (non-hydrogen) atoms. The monoisotopic (exact) mass is 368 g/mol. The van der Waals surface area contributed by atoms with Gasteiger partial charge in [-0.3, -0.25) is 4.79 Å². The molecule has 0 fully saturated rings. The van der Waals surface area contributed by atoms with Crippen molar-refractivity contribution in [2.75, 3.05) is 12.7 Å². The maximum absolute atomic E-state index is 12.2. The van der Waals surface area contributed by atoms with Crippen LogP contribution in [-0.2, 0) is 25.6 Å². The molecule has 5 heteroatoms. The summed E-state index contributed by atoms with van der Waals surface area (Å²) >= 11 is 5.82. The van der Waals surface area contributed by atoms with E-state index in [1.807, 2.05) is 58.0 Å². The van der Waals surface area contributed by atoms with Crippen LogP contribution in [0, 0.1) is 5.41 Å². The summed E-state index contributed by atoms with van der Waals surface area (Å²) in [4.78, 5) is 12.2. The zero-order valence-corrected chi connectivity index (χ0v) is 16.3. The molecule has 0 aliphatic carbocycles. The number of benzene rings is 1. The predicted molar refractivity (Wildman–Crippen MR) is 100 cm³/mol. The summed E-state index contributed by atoms with van der Waals surface area (Å²) in [5, 5.41) is 0. The standard InChI is InChI=1S/C20H29ClO4/c1-15(12-21)11-18(25-19(22)20(3,4)5)16(2)24-14-23-13-17-9-7-6-8-10-17/h6-10,16,18H,1,11-14H2,2-5H3/t16-,18-/m1/s1. The Labute approximate surface area is 156 Å². The number of esters is 1. The van der Waals surface area contributed by atoms with Crippen LogP contribution in [0.5, 0.6) is 0 Å². The molecule has 1 rings (SSSR count). The first-order chi connectivity index (χ1) is 11.7. The Bertz CT molecular complexity index is 536. The Kier molecular flexibility index (Phi) is 9.19. The zero-order valence-electron chi connectivity index (χ0n) is 15.6. The number of halogens is 1. The fraction of sp³-hybridized carbons (Fsp3) is 0.550. The minimum Gasteiger partial charge on any atom is -0.459 e. The molecule has 0 saturated heterocycles. The van der Waals surface area contributed by atoms with E-state index in [0.29, 0.717) is 18.9 Å². The van der Waals surface area contributed by atoms with Gasteiger partial charge < -0.3 is 14.2 Å². The molecule has 1 aromatic rings. The highest BCUT2D eigenvalue weighted by molar-refractivity contribution is 6.19. The lowest BCUT2D eigenvalue weighted by Gasteiger charge is -2.28. The first kappa shape index (κ1) is 21.7. The fourth-order valence-electron chi connectivity index (χ4n) is 1.95. The summed E-state index contributed by atoms with van der Waals surface area (Å²) < 4.78 is 16.9. The van der Waals surface area contributed by atoms with Crippen LogP contribution in [0.4, 0.5) is 0 Å². The normalized spacial score (nSPS) is 14.0. The lowest BCUT2D eigenvalue weighted by molar-refractivity contribution is -0.174. The molecule has 0 unspecified atom stereocenters. The molecule has 0 amide bonds. The number of rotatable bonds is 10. The summed E-state index contributed by atoms with van der Waals surface area (Å²) in [5.74, 6) is 0.0429. The first-order valence-corrected chi connectivity index (χ1v) is 8.94. The van der Waals surface area contributed by atoms with Gasteiger partial charge in [-0.15, -0.1) is 11.6 Å². The lowest BCUT2D eigenvalue weighted by Crippen LogP contribution is -2.36. The van der Waals surface area contributed by atoms with E-state index in [9.17, 15) is 4.79 Å². The molecule has 0 heterocycles. The zero-order chi connectivity index (χ0) is 18.9. The summed E-state index contributed by atoms with van der Waals surface area (Å²) in [7, 11) is 0. The topological polar surface area (TPSA) is 44.8 Å². The van der Waals surface area contributed by atoms with Crippen molar-refractivity contribution in [1.29, 1.82) is 0 Å². The minimum atomic E-state index is -0.579. The second-order valence-corrected chi connectivity index (χ2v) is 7.37. The molecule has 0 bridgehead atoms. The smallest absolute Gasteiger partial charge is 0.311 e. The van der Waals surface area contributed by atoms with Gasteiger partial charge in [0.15, 0.2) is 0 Å². The van der Waals surface area contributed by atoms with Gasteiger partial charge in [0.25, 0.3) is 0 Å². The Hall–Kier alpha value is -1.36. The van der Waals surface area contributed by atoms with Crippen LogP contribution in [-0.4, -0.2) is 30.9 Å². The molecule has 0 N–H and O–H groups in total. The highest BCUT2D eigenvalue weighted by Gasteiger charge is 2.29. The van der Waals surface area contributed by atoms with Crippen LogP contribution in [0.2, 0.25) is 0 Å². The molecular formula is C20H29ClO4. The van der Waals surface area contributed by atoms with Gasteiger partial charge in [0.1, 0.15) is 12.9 Å². The fourth-order valence-corrected chi connectivity index (χ4v) is 2.06. The highest BCUT2D eigenvalue weighted by atomic mass is 35.5. The van der Waals surface area contributed by atoms with Gasteiger partial charge in [-0.1, -0.05) is 42.5 Å². The Morgan fingerprint density at radius 1 is 1.24 bits per heavy atom. The van der Waals surface area contributed by atoms with Crippen molar-refractivity contribution in [2.45, 2.75) is 52.9 Å². The Morgan fingerprint density at radius 2 is 1.88 bits per heavy atom. The number of alkyl halides is 1. The van der Waals surface area contributed by atoms with Gasteiger partial charge in [-0.05, 0) is 33.3 Å². The number of carbonyl (C=O) groups is 1. The van der Waals surface area contributed by atoms with Gasteiger partial charge >= 0.3 is 5.97 Å². The van der Waals surface area contributed by atoms with Crippen LogP contribution < -0.4 is 0 Å². The SMILES string of the molecule is C=C(CCl)C[C@@H](OC(=O)C(C)(C)C)[C@@H](C)OCOCc1ccccc1. The van der Waals surface area contributed by atoms with E-state index in [-0.39, 0.29) is 18.9 Å². The minimum absolute atomic E-state index is 0.118. The third kappa shape index (κ3) is 8.52. The van der Waals surface area contributed by atoms with Gasteiger partial charge in [0.2, 0.25) is 0 Å². The summed E-state index contributed by atoms with van der Waals surface area (Å²) in [6.45, 7) is 11.8. The van der Waals surface area contributed by atoms with Gasteiger partial charge in [0, 0.05) is 12.3 Å². The van der Waals surface area contributed by atoms with E-state index in [0.717, 1.165) is 11.1 Å². The Morgan fingerprint density at radius 3 is 2.44 bits per heavy atom. The summed E-state index contributed by atoms with van der Waals surface area (Å²) in [6.07, 6.45) is -0.314. The molecule has 2 atom stereocenters. The van der Waals surface area contributed by atoms with Crippen molar-refractivity contribution in [2.24, 2.45) is 5.41 Å². The van der Waals surface area contributed by atoms with Gasteiger partial charge in [-0.25, -0.2) is 0 Å². The molecule has 4 nitrogen and oxygen atoms in total. The van der Waals surface area contributed by atoms with Crippen LogP contribution in [0.25, 0.3) is 0 Å². The molecule has 0 spiro atoms. The van der Waals surface area contributed by atoms with Crippen LogP contribution >= 0.6 is 11.6 Å². The number of ether oxygens (including phenoxy) is 3. The first-order valence-electron chi connectivity index (χ1n) is 8.41. The molecule has 140 valence electrons. The van der Waals surface area contributed by atoms with Crippen molar-refractivity contribution in [3.8, 4) is 0 Å². The molecule has 0 saturated carbocycles.